The second-order valence-electron chi connectivity index (χ2n) is 4.62. The molecule has 2 rings (SSSR count). The zero-order valence-electron chi connectivity index (χ0n) is 8.97. The second-order valence-corrected chi connectivity index (χ2v) is 4.62. The standard InChI is InChI=1S/C13H16F2/c1-9-2-4-10(5-3-9)12-7-6-11(14)8-13(12)15/h6-10H,2-5H2,1H3. The lowest BCUT2D eigenvalue weighted by molar-refractivity contribution is 0.342. The molecule has 0 aliphatic heterocycles. The van der Waals surface area contributed by atoms with Crippen LogP contribution in [0.5, 0.6) is 0 Å². The van der Waals surface area contributed by atoms with Gasteiger partial charge in [-0.15, -0.1) is 0 Å². The molecule has 0 heterocycles. The van der Waals surface area contributed by atoms with Crippen LogP contribution in [0.3, 0.4) is 0 Å². The van der Waals surface area contributed by atoms with Crippen LogP contribution in [0.2, 0.25) is 0 Å². The molecule has 1 fully saturated rings. The molecule has 82 valence electrons. The van der Waals surface area contributed by atoms with Crippen molar-refractivity contribution in [3.8, 4) is 0 Å². The molecule has 1 aromatic carbocycles. The highest BCUT2D eigenvalue weighted by Gasteiger charge is 2.22. The molecule has 0 atom stereocenters. The Labute approximate surface area is 89.3 Å². The summed E-state index contributed by atoms with van der Waals surface area (Å²) in [6, 6.07) is 3.95. The van der Waals surface area contributed by atoms with E-state index in [1.165, 1.54) is 6.07 Å². The third-order valence-electron chi connectivity index (χ3n) is 3.42. The van der Waals surface area contributed by atoms with Gasteiger partial charge in [0.25, 0.3) is 0 Å². The van der Waals surface area contributed by atoms with Crippen LogP contribution in [-0.2, 0) is 0 Å². The highest BCUT2D eigenvalue weighted by molar-refractivity contribution is 5.23. The van der Waals surface area contributed by atoms with Crippen molar-refractivity contribution in [2.75, 3.05) is 0 Å². The molecular formula is C13H16F2. The van der Waals surface area contributed by atoms with E-state index in [-0.39, 0.29) is 5.82 Å². The Morgan fingerprint density at radius 3 is 2.33 bits per heavy atom. The van der Waals surface area contributed by atoms with E-state index in [4.69, 9.17) is 0 Å². The molecule has 0 radical (unpaired) electrons. The van der Waals surface area contributed by atoms with E-state index in [1.807, 2.05) is 0 Å². The third kappa shape index (κ3) is 2.36. The SMILES string of the molecule is CC1CCC(c2ccc(F)cc2F)CC1. The number of hydrogen-bond acceptors (Lipinski definition) is 0. The van der Waals surface area contributed by atoms with E-state index in [2.05, 4.69) is 6.92 Å². The Morgan fingerprint density at radius 1 is 1.07 bits per heavy atom. The fraction of sp³-hybridized carbons (Fsp3) is 0.538. The summed E-state index contributed by atoms with van der Waals surface area (Å²) in [7, 11) is 0. The molecule has 1 aliphatic rings. The predicted octanol–water partition coefficient (Wildman–Crippen LogP) is 4.26. The van der Waals surface area contributed by atoms with Gasteiger partial charge in [0.1, 0.15) is 11.6 Å². The molecule has 0 aromatic heterocycles. The molecule has 0 spiro atoms. The topological polar surface area (TPSA) is 0 Å². The minimum atomic E-state index is -0.486. The Balaban J connectivity index is 2.15. The summed E-state index contributed by atoms with van der Waals surface area (Å²) < 4.78 is 26.2. The van der Waals surface area contributed by atoms with Crippen LogP contribution in [-0.4, -0.2) is 0 Å². The van der Waals surface area contributed by atoms with E-state index in [1.54, 1.807) is 6.07 Å². The molecule has 15 heavy (non-hydrogen) atoms. The lowest BCUT2D eigenvalue weighted by atomic mass is 9.79. The van der Waals surface area contributed by atoms with E-state index < -0.39 is 5.82 Å². The molecule has 2 heteroatoms. The molecule has 1 aliphatic carbocycles. The van der Waals surface area contributed by atoms with Crippen molar-refractivity contribution < 1.29 is 8.78 Å². The number of rotatable bonds is 1. The smallest absolute Gasteiger partial charge is 0.129 e. The van der Waals surface area contributed by atoms with Crippen molar-refractivity contribution in [1.82, 2.24) is 0 Å². The van der Waals surface area contributed by atoms with Crippen LogP contribution in [0.25, 0.3) is 0 Å². The molecule has 1 aromatic rings. The first-order chi connectivity index (χ1) is 7.16. The van der Waals surface area contributed by atoms with E-state index in [9.17, 15) is 8.78 Å². The Kier molecular flexibility index (Phi) is 3.03. The fourth-order valence-corrected chi connectivity index (χ4v) is 2.40. The van der Waals surface area contributed by atoms with Crippen molar-refractivity contribution in [1.29, 1.82) is 0 Å². The fourth-order valence-electron chi connectivity index (χ4n) is 2.40. The monoisotopic (exact) mass is 210 g/mol. The van der Waals surface area contributed by atoms with Crippen molar-refractivity contribution >= 4 is 0 Å². The molecular weight excluding hydrogens is 194 g/mol. The van der Waals surface area contributed by atoms with Gasteiger partial charge in [-0.2, -0.15) is 0 Å². The maximum Gasteiger partial charge on any atom is 0.129 e. The molecule has 1 saturated carbocycles. The van der Waals surface area contributed by atoms with Crippen LogP contribution < -0.4 is 0 Å². The van der Waals surface area contributed by atoms with Gasteiger partial charge in [-0.3, -0.25) is 0 Å². The number of hydrogen-bond donors (Lipinski definition) is 0. The van der Waals surface area contributed by atoms with Crippen molar-refractivity contribution in [2.45, 2.75) is 38.5 Å². The van der Waals surface area contributed by atoms with Gasteiger partial charge in [0, 0.05) is 6.07 Å². The molecule has 0 N–H and O–H groups in total. The largest absolute Gasteiger partial charge is 0.207 e. The van der Waals surface area contributed by atoms with E-state index >= 15 is 0 Å². The van der Waals surface area contributed by atoms with Crippen LogP contribution in [0.1, 0.15) is 44.1 Å². The quantitative estimate of drug-likeness (QED) is 0.649. The predicted molar refractivity (Wildman–Crippen MR) is 56.7 cm³/mol. The summed E-state index contributed by atoms with van der Waals surface area (Å²) in [6.07, 6.45) is 4.37. The average molecular weight is 210 g/mol. The van der Waals surface area contributed by atoms with Gasteiger partial charge < -0.3 is 0 Å². The van der Waals surface area contributed by atoms with Crippen molar-refractivity contribution in [2.24, 2.45) is 5.92 Å². The summed E-state index contributed by atoms with van der Waals surface area (Å²) in [6.45, 7) is 2.23. The Bertz CT molecular complexity index is 338. The Hall–Kier alpha value is -0.920. The van der Waals surface area contributed by atoms with Gasteiger partial charge >= 0.3 is 0 Å². The van der Waals surface area contributed by atoms with Gasteiger partial charge in [-0.05, 0) is 36.3 Å². The normalized spacial score (nSPS) is 26.6. The highest BCUT2D eigenvalue weighted by atomic mass is 19.1. The van der Waals surface area contributed by atoms with Crippen molar-refractivity contribution in [3.63, 3.8) is 0 Å². The summed E-state index contributed by atoms with van der Waals surface area (Å²) in [5.41, 5.74) is 0.698. The zero-order valence-corrected chi connectivity index (χ0v) is 8.97. The molecule has 0 saturated heterocycles. The zero-order chi connectivity index (χ0) is 10.8. The van der Waals surface area contributed by atoms with E-state index in [0.717, 1.165) is 37.7 Å². The minimum Gasteiger partial charge on any atom is -0.207 e. The van der Waals surface area contributed by atoms with Gasteiger partial charge in [-0.25, -0.2) is 8.78 Å². The first-order valence-electron chi connectivity index (χ1n) is 5.62. The van der Waals surface area contributed by atoms with Crippen LogP contribution in [0.15, 0.2) is 18.2 Å². The van der Waals surface area contributed by atoms with Crippen LogP contribution in [0, 0.1) is 17.6 Å². The van der Waals surface area contributed by atoms with Gasteiger partial charge in [0.15, 0.2) is 0 Å². The lowest BCUT2D eigenvalue weighted by Crippen LogP contribution is -2.12. The van der Waals surface area contributed by atoms with E-state index in [0.29, 0.717) is 11.5 Å². The molecule has 0 nitrogen and oxygen atoms in total. The van der Waals surface area contributed by atoms with Crippen LogP contribution >= 0.6 is 0 Å². The molecule has 0 bridgehead atoms. The van der Waals surface area contributed by atoms with Gasteiger partial charge in [0.2, 0.25) is 0 Å². The van der Waals surface area contributed by atoms with Gasteiger partial charge in [-0.1, -0.05) is 25.8 Å². The first kappa shape index (κ1) is 10.6. The average Bonchev–Trinajstić information content (AvgIpc) is 2.20. The summed E-state index contributed by atoms with van der Waals surface area (Å²) in [4.78, 5) is 0. The number of benzene rings is 1. The van der Waals surface area contributed by atoms with Crippen LogP contribution in [0.4, 0.5) is 8.78 Å². The summed E-state index contributed by atoms with van der Waals surface area (Å²) in [5.74, 6) is 0.182. The van der Waals surface area contributed by atoms with Crippen molar-refractivity contribution in [3.05, 3.63) is 35.4 Å². The Morgan fingerprint density at radius 2 is 1.73 bits per heavy atom. The highest BCUT2D eigenvalue weighted by Crippen LogP contribution is 2.36. The molecule has 0 amide bonds. The first-order valence-corrected chi connectivity index (χ1v) is 5.62. The second kappa shape index (κ2) is 4.30. The van der Waals surface area contributed by atoms with Gasteiger partial charge in [0.05, 0.1) is 0 Å². The summed E-state index contributed by atoms with van der Waals surface area (Å²) in [5, 5.41) is 0. The maximum atomic E-state index is 13.5. The minimum absolute atomic E-state index is 0.293. The maximum absolute atomic E-state index is 13.5. The number of halogens is 2. The molecule has 0 unspecified atom stereocenters. The lowest BCUT2D eigenvalue weighted by Gasteiger charge is -2.26. The third-order valence-corrected chi connectivity index (χ3v) is 3.42. The summed E-state index contributed by atoms with van der Waals surface area (Å²) >= 11 is 0.